The standard InChI is InChI=1S/C16H23N3S2/c1-10(2)8-20-9-13-18-15(17-3)14-11-6-4-5-7-12(11)21-16(14)19-13/h10H,4-9H2,1-3H3,(H,17,18,19). The number of nitrogens with zero attached hydrogens (tertiary/aromatic N) is 2. The number of rotatable bonds is 5. The van der Waals surface area contributed by atoms with E-state index in [4.69, 9.17) is 9.97 Å². The van der Waals surface area contributed by atoms with Gasteiger partial charge in [-0.3, -0.25) is 0 Å². The van der Waals surface area contributed by atoms with Crippen molar-refractivity contribution in [2.24, 2.45) is 5.92 Å². The quantitative estimate of drug-likeness (QED) is 0.880. The van der Waals surface area contributed by atoms with E-state index in [1.54, 1.807) is 0 Å². The monoisotopic (exact) mass is 321 g/mol. The summed E-state index contributed by atoms with van der Waals surface area (Å²) in [5, 5.41) is 4.58. The highest BCUT2D eigenvalue weighted by Crippen LogP contribution is 2.38. The molecule has 0 aliphatic heterocycles. The van der Waals surface area contributed by atoms with Crippen molar-refractivity contribution in [2.75, 3.05) is 18.1 Å². The van der Waals surface area contributed by atoms with Crippen LogP contribution < -0.4 is 5.32 Å². The molecule has 3 nitrogen and oxygen atoms in total. The summed E-state index contributed by atoms with van der Waals surface area (Å²) in [4.78, 5) is 12.3. The number of thioether (sulfide) groups is 1. The van der Waals surface area contributed by atoms with Gasteiger partial charge in [0.15, 0.2) is 0 Å². The Balaban J connectivity index is 1.94. The zero-order chi connectivity index (χ0) is 14.8. The van der Waals surface area contributed by atoms with Crippen molar-refractivity contribution in [3.05, 3.63) is 16.3 Å². The summed E-state index contributed by atoms with van der Waals surface area (Å²) >= 11 is 3.81. The molecule has 2 aromatic heterocycles. The van der Waals surface area contributed by atoms with E-state index in [-0.39, 0.29) is 0 Å². The molecule has 0 saturated carbocycles. The van der Waals surface area contributed by atoms with Crippen LogP contribution in [0.4, 0.5) is 5.82 Å². The molecule has 114 valence electrons. The van der Waals surface area contributed by atoms with Gasteiger partial charge in [0, 0.05) is 11.9 Å². The third kappa shape index (κ3) is 3.19. The van der Waals surface area contributed by atoms with Crippen LogP contribution in [0.5, 0.6) is 0 Å². The Morgan fingerprint density at radius 2 is 2.05 bits per heavy atom. The van der Waals surface area contributed by atoms with Crippen LogP contribution in [0.3, 0.4) is 0 Å². The minimum atomic E-state index is 0.719. The highest BCUT2D eigenvalue weighted by atomic mass is 32.2. The molecule has 0 saturated heterocycles. The first kappa shape index (κ1) is 15.1. The molecule has 0 unspecified atom stereocenters. The van der Waals surface area contributed by atoms with Gasteiger partial charge < -0.3 is 5.32 Å². The van der Waals surface area contributed by atoms with Crippen molar-refractivity contribution < 1.29 is 0 Å². The molecule has 2 aromatic rings. The van der Waals surface area contributed by atoms with Gasteiger partial charge in [-0.25, -0.2) is 9.97 Å². The Hall–Kier alpha value is -0.810. The van der Waals surface area contributed by atoms with Crippen LogP contribution in [0, 0.1) is 5.92 Å². The van der Waals surface area contributed by atoms with E-state index in [0.29, 0.717) is 0 Å². The number of anilines is 1. The molecule has 1 N–H and O–H groups in total. The molecule has 1 aliphatic carbocycles. The third-order valence-corrected chi connectivity index (χ3v) is 6.33. The van der Waals surface area contributed by atoms with Crippen molar-refractivity contribution in [3.8, 4) is 0 Å². The Morgan fingerprint density at radius 1 is 1.24 bits per heavy atom. The zero-order valence-corrected chi connectivity index (χ0v) is 14.7. The molecule has 21 heavy (non-hydrogen) atoms. The van der Waals surface area contributed by atoms with Crippen LogP contribution in [0.2, 0.25) is 0 Å². The van der Waals surface area contributed by atoms with E-state index in [0.717, 1.165) is 29.1 Å². The van der Waals surface area contributed by atoms with E-state index >= 15 is 0 Å². The highest BCUT2D eigenvalue weighted by Gasteiger charge is 2.20. The molecule has 0 bridgehead atoms. The van der Waals surface area contributed by atoms with Crippen LogP contribution in [0.25, 0.3) is 10.2 Å². The second-order valence-corrected chi connectivity index (χ2v) is 8.15. The summed E-state index contributed by atoms with van der Waals surface area (Å²) in [6, 6.07) is 0. The third-order valence-electron chi connectivity index (χ3n) is 3.78. The molecule has 1 aliphatic rings. The van der Waals surface area contributed by atoms with Gasteiger partial charge in [0.25, 0.3) is 0 Å². The summed E-state index contributed by atoms with van der Waals surface area (Å²) in [5.74, 6) is 4.79. The van der Waals surface area contributed by atoms with Gasteiger partial charge in [-0.15, -0.1) is 11.3 Å². The summed E-state index contributed by atoms with van der Waals surface area (Å²) in [7, 11) is 1.97. The van der Waals surface area contributed by atoms with Gasteiger partial charge in [0.2, 0.25) is 0 Å². The fourth-order valence-electron chi connectivity index (χ4n) is 2.83. The fraction of sp³-hybridized carbons (Fsp3) is 0.625. The number of hydrogen-bond acceptors (Lipinski definition) is 5. The number of aromatic nitrogens is 2. The topological polar surface area (TPSA) is 37.8 Å². The van der Waals surface area contributed by atoms with Crippen molar-refractivity contribution in [3.63, 3.8) is 0 Å². The van der Waals surface area contributed by atoms with Gasteiger partial charge in [0.05, 0.1) is 11.1 Å². The number of hydrogen-bond donors (Lipinski definition) is 1. The van der Waals surface area contributed by atoms with E-state index in [1.807, 2.05) is 30.1 Å². The van der Waals surface area contributed by atoms with Crippen molar-refractivity contribution in [2.45, 2.75) is 45.3 Å². The lowest BCUT2D eigenvalue weighted by molar-refractivity contribution is 0.700. The lowest BCUT2D eigenvalue weighted by Crippen LogP contribution is -2.03. The van der Waals surface area contributed by atoms with Crippen LogP contribution in [-0.4, -0.2) is 22.8 Å². The van der Waals surface area contributed by atoms with Crippen molar-refractivity contribution in [1.82, 2.24) is 9.97 Å². The minimum Gasteiger partial charge on any atom is -0.372 e. The van der Waals surface area contributed by atoms with Crippen LogP contribution in [0.15, 0.2) is 0 Å². The second kappa shape index (κ2) is 6.53. The fourth-order valence-corrected chi connectivity index (χ4v) is 5.01. The van der Waals surface area contributed by atoms with Crippen molar-refractivity contribution in [1.29, 1.82) is 0 Å². The van der Waals surface area contributed by atoms with E-state index in [9.17, 15) is 0 Å². The molecule has 3 rings (SSSR count). The maximum Gasteiger partial charge on any atom is 0.142 e. The van der Waals surface area contributed by atoms with Gasteiger partial charge >= 0.3 is 0 Å². The molecular weight excluding hydrogens is 298 g/mol. The SMILES string of the molecule is CNc1nc(CSCC(C)C)nc2sc3c(c12)CCCC3. The Labute approximate surface area is 135 Å². The molecule has 0 amide bonds. The summed E-state index contributed by atoms with van der Waals surface area (Å²) in [5.41, 5.74) is 1.51. The van der Waals surface area contributed by atoms with Crippen LogP contribution in [0.1, 0.15) is 43.0 Å². The summed E-state index contributed by atoms with van der Waals surface area (Å²) < 4.78 is 0. The Kier molecular flexibility index (Phi) is 4.69. The number of aryl methyl sites for hydroxylation is 2. The summed E-state index contributed by atoms with van der Waals surface area (Å²) in [6.07, 6.45) is 5.03. The lowest BCUT2D eigenvalue weighted by Gasteiger charge is -2.12. The molecule has 5 heteroatoms. The molecule has 0 spiro atoms. The van der Waals surface area contributed by atoms with E-state index in [2.05, 4.69) is 19.2 Å². The van der Waals surface area contributed by atoms with Gasteiger partial charge in [0.1, 0.15) is 16.5 Å². The first-order chi connectivity index (χ1) is 10.2. The lowest BCUT2D eigenvalue weighted by atomic mass is 9.97. The summed E-state index contributed by atoms with van der Waals surface area (Å²) in [6.45, 7) is 4.51. The average Bonchev–Trinajstić information content (AvgIpc) is 2.84. The molecule has 2 heterocycles. The minimum absolute atomic E-state index is 0.719. The molecule has 0 radical (unpaired) electrons. The first-order valence-electron chi connectivity index (χ1n) is 7.75. The van der Waals surface area contributed by atoms with Crippen LogP contribution in [-0.2, 0) is 18.6 Å². The Bertz CT molecular complexity index is 634. The molecule has 0 aromatic carbocycles. The zero-order valence-electron chi connectivity index (χ0n) is 13.0. The number of fused-ring (bicyclic) bond motifs is 3. The maximum atomic E-state index is 4.83. The Morgan fingerprint density at radius 3 is 2.81 bits per heavy atom. The van der Waals surface area contributed by atoms with E-state index in [1.165, 1.54) is 46.3 Å². The second-order valence-electron chi connectivity index (χ2n) is 6.04. The normalized spacial score (nSPS) is 14.7. The van der Waals surface area contributed by atoms with Gasteiger partial charge in [-0.05, 0) is 42.9 Å². The highest BCUT2D eigenvalue weighted by molar-refractivity contribution is 7.98. The van der Waals surface area contributed by atoms with Crippen molar-refractivity contribution >= 4 is 39.1 Å². The largest absolute Gasteiger partial charge is 0.372 e. The predicted molar refractivity (Wildman–Crippen MR) is 94.6 cm³/mol. The van der Waals surface area contributed by atoms with E-state index < -0.39 is 0 Å². The first-order valence-corrected chi connectivity index (χ1v) is 9.72. The molecular formula is C16H23N3S2. The van der Waals surface area contributed by atoms with Crippen LogP contribution >= 0.6 is 23.1 Å². The maximum absolute atomic E-state index is 4.83. The molecule has 0 atom stereocenters. The van der Waals surface area contributed by atoms with Gasteiger partial charge in [-0.1, -0.05) is 13.8 Å². The predicted octanol–water partition coefficient (Wildman–Crippen LogP) is 4.50. The molecule has 0 fully saturated rings. The number of thiophene rings is 1. The number of nitrogens with one attached hydrogen (secondary N) is 1. The smallest absolute Gasteiger partial charge is 0.142 e. The van der Waals surface area contributed by atoms with Gasteiger partial charge in [-0.2, -0.15) is 11.8 Å². The average molecular weight is 322 g/mol.